The first-order valence-corrected chi connectivity index (χ1v) is 11.7. The van der Waals surface area contributed by atoms with Gasteiger partial charge in [0.2, 0.25) is 5.91 Å². The van der Waals surface area contributed by atoms with E-state index in [4.69, 9.17) is 16.3 Å². The summed E-state index contributed by atoms with van der Waals surface area (Å²) in [5.41, 5.74) is 3.41. The second-order valence-corrected chi connectivity index (χ2v) is 8.86. The third kappa shape index (κ3) is 6.57. The van der Waals surface area contributed by atoms with Crippen molar-refractivity contribution < 1.29 is 9.53 Å². The van der Waals surface area contributed by atoms with Crippen LogP contribution < -0.4 is 15.4 Å². The molecule has 0 unspecified atom stereocenters. The quantitative estimate of drug-likeness (QED) is 0.494. The number of likely N-dealkylation sites (tertiary alicyclic amines) is 1. The van der Waals surface area contributed by atoms with Crippen LogP contribution in [-0.2, 0) is 24.5 Å². The van der Waals surface area contributed by atoms with E-state index in [0.717, 1.165) is 42.0 Å². The molecular formula is C27H30ClN3O2. The van der Waals surface area contributed by atoms with Gasteiger partial charge in [0.15, 0.2) is 0 Å². The summed E-state index contributed by atoms with van der Waals surface area (Å²) in [4.78, 5) is 14.7. The lowest BCUT2D eigenvalue weighted by Gasteiger charge is -2.23. The number of carbonyl (C=O) groups is 1. The number of rotatable bonds is 9. The SMILES string of the molecule is CNC(=O)[C@@H]1C[C@@H](NCc2cccc(OCc3ccccc3)c2)CN1Cc1cccc(Cl)c1. The van der Waals surface area contributed by atoms with Gasteiger partial charge in [-0.3, -0.25) is 9.69 Å². The summed E-state index contributed by atoms with van der Waals surface area (Å²) in [5.74, 6) is 0.910. The van der Waals surface area contributed by atoms with E-state index in [0.29, 0.717) is 18.2 Å². The maximum Gasteiger partial charge on any atom is 0.237 e. The van der Waals surface area contributed by atoms with Crippen LogP contribution >= 0.6 is 11.6 Å². The first-order chi connectivity index (χ1) is 16.1. The van der Waals surface area contributed by atoms with Gasteiger partial charge in [-0.1, -0.05) is 66.2 Å². The molecule has 2 atom stereocenters. The average molecular weight is 464 g/mol. The van der Waals surface area contributed by atoms with Gasteiger partial charge in [-0.15, -0.1) is 0 Å². The van der Waals surface area contributed by atoms with Crippen LogP contribution in [-0.4, -0.2) is 36.5 Å². The van der Waals surface area contributed by atoms with E-state index >= 15 is 0 Å². The van der Waals surface area contributed by atoms with Crippen LogP contribution in [0.1, 0.15) is 23.1 Å². The van der Waals surface area contributed by atoms with E-state index in [2.05, 4.69) is 45.9 Å². The van der Waals surface area contributed by atoms with Gasteiger partial charge in [0.25, 0.3) is 0 Å². The Morgan fingerprint density at radius 2 is 1.76 bits per heavy atom. The Bertz CT molecular complexity index is 1060. The number of carbonyl (C=O) groups excluding carboxylic acids is 1. The highest BCUT2D eigenvalue weighted by Gasteiger charge is 2.36. The molecule has 0 saturated carbocycles. The second-order valence-electron chi connectivity index (χ2n) is 8.42. The number of amides is 1. The highest BCUT2D eigenvalue weighted by molar-refractivity contribution is 6.30. The van der Waals surface area contributed by atoms with Gasteiger partial charge >= 0.3 is 0 Å². The number of benzene rings is 3. The Hall–Kier alpha value is -2.86. The molecule has 1 fully saturated rings. The van der Waals surface area contributed by atoms with Crippen molar-refractivity contribution in [3.63, 3.8) is 0 Å². The molecule has 3 aromatic rings. The fourth-order valence-corrected chi connectivity index (χ4v) is 4.50. The van der Waals surface area contributed by atoms with Crippen LogP contribution in [0.4, 0.5) is 0 Å². The van der Waals surface area contributed by atoms with Gasteiger partial charge in [0.05, 0.1) is 6.04 Å². The van der Waals surface area contributed by atoms with Crippen molar-refractivity contribution in [2.75, 3.05) is 13.6 Å². The summed E-state index contributed by atoms with van der Waals surface area (Å²) in [6.45, 7) is 2.76. The number of halogens is 1. The molecule has 1 aliphatic heterocycles. The molecule has 5 nitrogen and oxygen atoms in total. The normalized spacial score (nSPS) is 18.2. The van der Waals surface area contributed by atoms with Gasteiger partial charge < -0.3 is 15.4 Å². The molecule has 0 aromatic heterocycles. The molecule has 1 aliphatic rings. The minimum atomic E-state index is -0.160. The molecule has 0 spiro atoms. The van der Waals surface area contributed by atoms with Crippen molar-refractivity contribution in [3.05, 3.63) is 101 Å². The standard InChI is InChI=1S/C27H30ClN3O2/c1-29-27(32)26-15-24(18-31(26)17-22-10-5-11-23(28)13-22)30-16-21-9-6-12-25(14-21)33-19-20-7-3-2-4-8-20/h2-14,24,26,30H,15-19H2,1H3,(H,29,32)/t24-,26+/m1/s1. The predicted octanol–water partition coefficient (Wildman–Crippen LogP) is 4.40. The van der Waals surface area contributed by atoms with Gasteiger partial charge in [-0.05, 0) is 47.4 Å². The topological polar surface area (TPSA) is 53.6 Å². The molecule has 3 aromatic carbocycles. The molecule has 0 aliphatic carbocycles. The number of hydrogen-bond donors (Lipinski definition) is 2. The van der Waals surface area contributed by atoms with E-state index in [-0.39, 0.29) is 18.0 Å². The minimum Gasteiger partial charge on any atom is -0.489 e. The Kier molecular flexibility index (Phi) is 8.00. The van der Waals surface area contributed by atoms with E-state index < -0.39 is 0 Å². The van der Waals surface area contributed by atoms with E-state index in [1.165, 1.54) is 0 Å². The summed E-state index contributed by atoms with van der Waals surface area (Å²) in [6.07, 6.45) is 0.768. The number of nitrogens with zero attached hydrogens (tertiary/aromatic N) is 1. The number of nitrogens with one attached hydrogen (secondary N) is 2. The average Bonchev–Trinajstić information content (AvgIpc) is 3.24. The lowest BCUT2D eigenvalue weighted by atomic mass is 10.1. The van der Waals surface area contributed by atoms with Crippen molar-refractivity contribution >= 4 is 17.5 Å². The van der Waals surface area contributed by atoms with Crippen LogP contribution in [0.5, 0.6) is 5.75 Å². The molecule has 0 bridgehead atoms. The van der Waals surface area contributed by atoms with Gasteiger partial charge in [0, 0.05) is 37.7 Å². The van der Waals surface area contributed by atoms with Crippen LogP contribution in [0.3, 0.4) is 0 Å². The Morgan fingerprint density at radius 1 is 1.00 bits per heavy atom. The fourth-order valence-electron chi connectivity index (χ4n) is 4.28. The van der Waals surface area contributed by atoms with Crippen LogP contribution in [0, 0.1) is 0 Å². The Balaban J connectivity index is 1.34. The third-order valence-electron chi connectivity index (χ3n) is 5.97. The Morgan fingerprint density at radius 3 is 2.55 bits per heavy atom. The fraction of sp³-hybridized carbons (Fsp3) is 0.296. The smallest absolute Gasteiger partial charge is 0.237 e. The first kappa shape index (κ1) is 23.3. The van der Waals surface area contributed by atoms with E-state index in [1.54, 1.807) is 7.05 Å². The zero-order chi connectivity index (χ0) is 23.0. The van der Waals surface area contributed by atoms with Gasteiger partial charge in [0.1, 0.15) is 12.4 Å². The predicted molar refractivity (Wildman–Crippen MR) is 132 cm³/mol. The molecule has 172 valence electrons. The molecule has 1 heterocycles. The largest absolute Gasteiger partial charge is 0.489 e. The van der Waals surface area contributed by atoms with E-state index in [1.807, 2.05) is 48.5 Å². The van der Waals surface area contributed by atoms with Gasteiger partial charge in [-0.2, -0.15) is 0 Å². The lowest BCUT2D eigenvalue weighted by molar-refractivity contribution is -0.125. The highest BCUT2D eigenvalue weighted by atomic mass is 35.5. The second kappa shape index (κ2) is 11.3. The zero-order valence-corrected chi connectivity index (χ0v) is 19.6. The van der Waals surface area contributed by atoms with Gasteiger partial charge in [-0.25, -0.2) is 0 Å². The summed E-state index contributed by atoms with van der Waals surface area (Å²) < 4.78 is 5.96. The first-order valence-electron chi connectivity index (χ1n) is 11.3. The maximum atomic E-state index is 12.5. The summed E-state index contributed by atoms with van der Waals surface area (Å²) in [5, 5.41) is 7.16. The summed E-state index contributed by atoms with van der Waals surface area (Å²) in [7, 11) is 1.70. The molecule has 33 heavy (non-hydrogen) atoms. The Labute approximate surface area is 200 Å². The molecule has 1 amide bonds. The number of likely N-dealkylation sites (N-methyl/N-ethyl adjacent to an activating group) is 1. The third-order valence-corrected chi connectivity index (χ3v) is 6.20. The van der Waals surface area contributed by atoms with Crippen molar-refractivity contribution in [2.24, 2.45) is 0 Å². The van der Waals surface area contributed by atoms with E-state index in [9.17, 15) is 4.79 Å². The minimum absolute atomic E-state index is 0.0534. The van der Waals surface area contributed by atoms with Crippen LogP contribution in [0.15, 0.2) is 78.9 Å². The highest BCUT2D eigenvalue weighted by Crippen LogP contribution is 2.23. The molecule has 4 rings (SSSR count). The van der Waals surface area contributed by atoms with Crippen molar-refractivity contribution in [2.45, 2.75) is 38.2 Å². The summed E-state index contributed by atoms with van der Waals surface area (Å²) in [6, 6.07) is 26.2. The molecule has 1 saturated heterocycles. The van der Waals surface area contributed by atoms with Crippen molar-refractivity contribution in [1.82, 2.24) is 15.5 Å². The van der Waals surface area contributed by atoms with Crippen molar-refractivity contribution in [1.29, 1.82) is 0 Å². The number of hydrogen-bond acceptors (Lipinski definition) is 4. The monoisotopic (exact) mass is 463 g/mol. The zero-order valence-electron chi connectivity index (χ0n) is 18.8. The van der Waals surface area contributed by atoms with Crippen LogP contribution in [0.2, 0.25) is 5.02 Å². The lowest BCUT2D eigenvalue weighted by Crippen LogP contribution is -2.41. The number of ether oxygens (including phenoxy) is 1. The maximum absolute atomic E-state index is 12.5. The summed E-state index contributed by atoms with van der Waals surface area (Å²) >= 11 is 6.15. The molecule has 6 heteroatoms. The molecule has 0 radical (unpaired) electrons. The molecule has 2 N–H and O–H groups in total. The van der Waals surface area contributed by atoms with Crippen molar-refractivity contribution in [3.8, 4) is 5.75 Å². The van der Waals surface area contributed by atoms with Crippen LogP contribution in [0.25, 0.3) is 0 Å². The molecular weight excluding hydrogens is 434 g/mol.